The molecule has 1 aliphatic carbocycles. The van der Waals surface area contributed by atoms with Gasteiger partial charge in [0.05, 0.1) is 0 Å². The number of rotatable bonds is 4. The van der Waals surface area contributed by atoms with Gasteiger partial charge in [-0.3, -0.25) is 9.80 Å². The van der Waals surface area contributed by atoms with E-state index in [9.17, 15) is 4.79 Å². The van der Waals surface area contributed by atoms with E-state index in [1.54, 1.807) is 0 Å². The second-order valence-electron chi connectivity index (χ2n) is 10.2. The minimum Gasteiger partial charge on any atom is -0.444 e. The molecule has 1 aromatic carbocycles. The Bertz CT molecular complexity index is 665. The van der Waals surface area contributed by atoms with Crippen LogP contribution in [-0.4, -0.2) is 72.2 Å². The van der Waals surface area contributed by atoms with Gasteiger partial charge < -0.3 is 9.64 Å². The Morgan fingerprint density at radius 2 is 1.59 bits per heavy atom. The SMILES string of the molecule is CC(C)(C)OC(=O)N1CCN(CC2C3CCC2CN(Cc2ccccc2)C3)CC1. The molecule has 2 heterocycles. The van der Waals surface area contributed by atoms with Crippen LogP contribution in [0, 0.1) is 17.8 Å². The van der Waals surface area contributed by atoms with Crippen LogP contribution >= 0.6 is 0 Å². The maximum atomic E-state index is 12.3. The number of hydrogen-bond donors (Lipinski definition) is 0. The minimum absolute atomic E-state index is 0.161. The minimum atomic E-state index is -0.416. The molecule has 3 fully saturated rings. The van der Waals surface area contributed by atoms with Crippen molar-refractivity contribution in [3.05, 3.63) is 35.9 Å². The molecule has 2 atom stereocenters. The van der Waals surface area contributed by atoms with E-state index in [1.165, 1.54) is 38.0 Å². The summed E-state index contributed by atoms with van der Waals surface area (Å²) in [6.45, 7) is 14.1. The second kappa shape index (κ2) is 8.65. The molecule has 0 spiro atoms. The maximum absolute atomic E-state index is 12.3. The van der Waals surface area contributed by atoms with E-state index in [2.05, 4.69) is 40.1 Å². The van der Waals surface area contributed by atoms with Crippen molar-refractivity contribution in [1.29, 1.82) is 0 Å². The van der Waals surface area contributed by atoms with E-state index in [0.29, 0.717) is 0 Å². The van der Waals surface area contributed by atoms with Crippen molar-refractivity contribution >= 4 is 6.09 Å². The Morgan fingerprint density at radius 1 is 0.966 bits per heavy atom. The van der Waals surface area contributed by atoms with Crippen LogP contribution in [0.25, 0.3) is 0 Å². The summed E-state index contributed by atoms with van der Waals surface area (Å²) in [7, 11) is 0. The number of piperazine rings is 1. The summed E-state index contributed by atoms with van der Waals surface area (Å²) in [6, 6.07) is 10.9. The van der Waals surface area contributed by atoms with E-state index >= 15 is 0 Å². The highest BCUT2D eigenvalue weighted by Gasteiger charge is 2.42. The number of likely N-dealkylation sites (tertiary alicyclic amines) is 1. The van der Waals surface area contributed by atoms with Crippen molar-refractivity contribution in [2.24, 2.45) is 17.8 Å². The molecule has 1 aromatic rings. The zero-order valence-corrected chi connectivity index (χ0v) is 18.3. The molecular formula is C24H37N3O2. The molecule has 0 N–H and O–H groups in total. The van der Waals surface area contributed by atoms with Crippen molar-refractivity contribution in [2.45, 2.75) is 45.8 Å². The van der Waals surface area contributed by atoms with Gasteiger partial charge in [-0.15, -0.1) is 0 Å². The molecule has 0 aromatic heterocycles. The maximum Gasteiger partial charge on any atom is 0.410 e. The summed E-state index contributed by atoms with van der Waals surface area (Å²) in [5, 5.41) is 0. The lowest BCUT2D eigenvalue weighted by atomic mass is 9.84. The molecule has 160 valence electrons. The summed E-state index contributed by atoms with van der Waals surface area (Å²) in [5.41, 5.74) is 1.02. The molecule has 29 heavy (non-hydrogen) atoms. The highest BCUT2D eigenvalue weighted by Crippen LogP contribution is 2.42. The number of amides is 1. The normalized spacial score (nSPS) is 28.5. The van der Waals surface area contributed by atoms with E-state index in [4.69, 9.17) is 4.74 Å². The first-order valence-corrected chi connectivity index (χ1v) is 11.3. The lowest BCUT2D eigenvalue weighted by Gasteiger charge is -2.42. The van der Waals surface area contributed by atoms with Gasteiger partial charge in [-0.2, -0.15) is 0 Å². The van der Waals surface area contributed by atoms with Gasteiger partial charge in [0.1, 0.15) is 5.60 Å². The third kappa shape index (κ3) is 5.32. The topological polar surface area (TPSA) is 36.0 Å². The third-order valence-electron chi connectivity index (χ3n) is 6.85. The number of carbonyl (C=O) groups excluding carboxylic acids is 1. The summed E-state index contributed by atoms with van der Waals surface area (Å²) in [5.74, 6) is 2.50. The van der Waals surface area contributed by atoms with Crippen LogP contribution in [0.3, 0.4) is 0 Å². The quantitative estimate of drug-likeness (QED) is 0.774. The molecular weight excluding hydrogens is 362 g/mol. The average Bonchev–Trinajstić information content (AvgIpc) is 2.90. The Morgan fingerprint density at radius 3 is 2.17 bits per heavy atom. The number of hydrogen-bond acceptors (Lipinski definition) is 4. The van der Waals surface area contributed by atoms with Gasteiger partial charge in [-0.05, 0) is 56.9 Å². The fourth-order valence-corrected chi connectivity index (χ4v) is 5.44. The van der Waals surface area contributed by atoms with Crippen LogP contribution in [0.4, 0.5) is 4.79 Å². The zero-order chi connectivity index (χ0) is 20.4. The number of fused-ring (bicyclic) bond motifs is 2. The molecule has 1 saturated carbocycles. The summed E-state index contributed by atoms with van der Waals surface area (Å²) >= 11 is 0. The van der Waals surface area contributed by atoms with Crippen LogP contribution in [0.2, 0.25) is 0 Å². The Balaban J connectivity index is 1.25. The Hall–Kier alpha value is -1.59. The van der Waals surface area contributed by atoms with E-state index in [0.717, 1.165) is 50.5 Å². The highest BCUT2D eigenvalue weighted by molar-refractivity contribution is 5.68. The van der Waals surface area contributed by atoms with Crippen LogP contribution < -0.4 is 0 Å². The predicted molar refractivity (Wildman–Crippen MR) is 116 cm³/mol. The molecule has 2 unspecified atom stereocenters. The molecule has 5 nitrogen and oxygen atoms in total. The molecule has 2 bridgehead atoms. The van der Waals surface area contributed by atoms with Gasteiger partial charge in [0.15, 0.2) is 0 Å². The van der Waals surface area contributed by atoms with Gasteiger partial charge >= 0.3 is 6.09 Å². The molecule has 2 saturated heterocycles. The summed E-state index contributed by atoms with van der Waals surface area (Å²) in [6.07, 6.45) is 2.61. The molecule has 4 rings (SSSR count). The molecule has 5 heteroatoms. The average molecular weight is 400 g/mol. The zero-order valence-electron chi connectivity index (χ0n) is 18.3. The molecule has 0 radical (unpaired) electrons. The number of carbonyl (C=O) groups is 1. The fourth-order valence-electron chi connectivity index (χ4n) is 5.44. The first-order valence-electron chi connectivity index (χ1n) is 11.3. The van der Waals surface area contributed by atoms with Crippen molar-refractivity contribution < 1.29 is 9.53 Å². The predicted octanol–water partition coefficient (Wildman–Crippen LogP) is 3.70. The van der Waals surface area contributed by atoms with Crippen molar-refractivity contribution in [3.8, 4) is 0 Å². The van der Waals surface area contributed by atoms with E-state index < -0.39 is 5.60 Å². The van der Waals surface area contributed by atoms with Crippen LogP contribution in [0.5, 0.6) is 0 Å². The van der Waals surface area contributed by atoms with Crippen LogP contribution in [0.15, 0.2) is 30.3 Å². The number of piperidine rings is 1. The van der Waals surface area contributed by atoms with E-state index in [-0.39, 0.29) is 6.09 Å². The largest absolute Gasteiger partial charge is 0.444 e. The summed E-state index contributed by atoms with van der Waals surface area (Å²) in [4.78, 5) is 19.4. The molecule has 2 aliphatic heterocycles. The Labute approximate surface area is 176 Å². The standard InChI is InChI=1S/C24H37N3O2/c1-24(2,3)29-23(28)27-13-11-25(12-14-27)18-22-20-9-10-21(22)17-26(16-20)15-19-7-5-4-6-8-19/h4-8,20-22H,9-18H2,1-3H3. The summed E-state index contributed by atoms with van der Waals surface area (Å²) < 4.78 is 5.53. The lowest BCUT2D eigenvalue weighted by Crippen LogP contribution is -2.53. The van der Waals surface area contributed by atoms with Gasteiger partial charge in [0, 0.05) is 52.4 Å². The second-order valence-corrected chi connectivity index (χ2v) is 10.2. The van der Waals surface area contributed by atoms with Crippen molar-refractivity contribution in [3.63, 3.8) is 0 Å². The third-order valence-corrected chi connectivity index (χ3v) is 6.85. The van der Waals surface area contributed by atoms with E-state index in [1.807, 2.05) is 25.7 Å². The van der Waals surface area contributed by atoms with Gasteiger partial charge in [0.2, 0.25) is 0 Å². The van der Waals surface area contributed by atoms with Crippen LogP contribution in [-0.2, 0) is 11.3 Å². The smallest absolute Gasteiger partial charge is 0.410 e. The van der Waals surface area contributed by atoms with Gasteiger partial charge in [0.25, 0.3) is 0 Å². The Kier molecular flexibility index (Phi) is 6.16. The van der Waals surface area contributed by atoms with Crippen molar-refractivity contribution in [1.82, 2.24) is 14.7 Å². The number of ether oxygens (including phenoxy) is 1. The first-order chi connectivity index (χ1) is 13.9. The van der Waals surface area contributed by atoms with Crippen LogP contribution in [0.1, 0.15) is 39.2 Å². The van der Waals surface area contributed by atoms with Crippen molar-refractivity contribution in [2.75, 3.05) is 45.8 Å². The lowest BCUT2D eigenvalue weighted by molar-refractivity contribution is 0.00873. The van der Waals surface area contributed by atoms with Gasteiger partial charge in [-0.1, -0.05) is 30.3 Å². The molecule has 3 aliphatic rings. The number of benzene rings is 1. The first kappa shape index (κ1) is 20.7. The number of nitrogens with zero attached hydrogens (tertiary/aromatic N) is 3. The highest BCUT2D eigenvalue weighted by atomic mass is 16.6. The fraction of sp³-hybridized carbons (Fsp3) is 0.708. The monoisotopic (exact) mass is 399 g/mol. The van der Waals surface area contributed by atoms with Gasteiger partial charge in [-0.25, -0.2) is 4.79 Å². The molecule has 1 amide bonds.